The second-order valence-corrected chi connectivity index (χ2v) is 6.30. The number of aromatic carboxylic acids is 1. The first-order valence-electron chi connectivity index (χ1n) is 7.37. The van der Waals surface area contributed by atoms with Gasteiger partial charge >= 0.3 is 5.97 Å². The van der Waals surface area contributed by atoms with Gasteiger partial charge in [0.25, 0.3) is 0 Å². The van der Waals surface area contributed by atoms with Crippen LogP contribution in [0, 0.1) is 5.82 Å². The Morgan fingerprint density at radius 1 is 1.30 bits per heavy atom. The smallest absolute Gasteiger partial charge is 0.371 e. The van der Waals surface area contributed by atoms with E-state index in [1.165, 1.54) is 18.2 Å². The molecule has 1 aliphatic heterocycles. The quantitative estimate of drug-likeness (QED) is 0.916. The van der Waals surface area contributed by atoms with E-state index >= 15 is 0 Å². The van der Waals surface area contributed by atoms with Crippen molar-refractivity contribution in [2.75, 3.05) is 4.90 Å². The van der Waals surface area contributed by atoms with E-state index in [-0.39, 0.29) is 17.1 Å². The lowest BCUT2D eigenvalue weighted by atomic mass is 9.88. The molecule has 2 heterocycles. The Morgan fingerprint density at radius 3 is 2.70 bits per heavy atom. The fourth-order valence-corrected chi connectivity index (χ4v) is 3.08. The van der Waals surface area contributed by atoms with Gasteiger partial charge in [-0.2, -0.15) is 0 Å². The lowest BCUT2D eigenvalue weighted by Crippen LogP contribution is -2.44. The van der Waals surface area contributed by atoms with Crippen molar-refractivity contribution in [2.24, 2.45) is 0 Å². The average Bonchev–Trinajstić information content (AvgIpc) is 2.92. The van der Waals surface area contributed by atoms with E-state index < -0.39 is 5.97 Å². The summed E-state index contributed by atoms with van der Waals surface area (Å²) in [7, 11) is 0. The molecule has 3 rings (SSSR count). The molecule has 1 aromatic heterocycles. The molecular weight excluding hydrogens is 297 g/mol. The summed E-state index contributed by atoms with van der Waals surface area (Å²) < 4.78 is 18.9. The fourth-order valence-electron chi connectivity index (χ4n) is 3.08. The zero-order valence-electron chi connectivity index (χ0n) is 13.3. The molecular formula is C18H18FNO3. The summed E-state index contributed by atoms with van der Waals surface area (Å²) >= 11 is 0. The number of nitrogens with zero attached hydrogens (tertiary/aromatic N) is 1. The maximum absolute atomic E-state index is 13.6. The molecule has 120 valence electrons. The molecule has 0 saturated heterocycles. The van der Waals surface area contributed by atoms with Gasteiger partial charge in [0.1, 0.15) is 11.6 Å². The molecule has 0 bridgehead atoms. The molecule has 0 spiro atoms. The van der Waals surface area contributed by atoms with Crippen molar-refractivity contribution >= 4 is 17.2 Å². The first-order chi connectivity index (χ1) is 10.8. The predicted octanol–water partition coefficient (Wildman–Crippen LogP) is 4.32. The summed E-state index contributed by atoms with van der Waals surface area (Å²) in [5, 5.41) is 8.97. The number of halogens is 1. The van der Waals surface area contributed by atoms with Gasteiger partial charge in [-0.3, -0.25) is 0 Å². The van der Waals surface area contributed by atoms with Gasteiger partial charge in [-0.1, -0.05) is 6.08 Å². The van der Waals surface area contributed by atoms with Crippen LogP contribution in [0.4, 0.5) is 10.1 Å². The third-order valence-corrected chi connectivity index (χ3v) is 4.13. The molecule has 1 aromatic carbocycles. The number of carboxylic acids is 1. The van der Waals surface area contributed by atoms with Gasteiger partial charge in [-0.05, 0) is 56.7 Å². The molecule has 0 amide bonds. The van der Waals surface area contributed by atoms with Crippen LogP contribution in [0.25, 0.3) is 5.57 Å². The first-order valence-corrected chi connectivity index (χ1v) is 7.37. The van der Waals surface area contributed by atoms with Crippen LogP contribution in [0.3, 0.4) is 0 Å². The number of hydrogen-bond donors (Lipinski definition) is 1. The van der Waals surface area contributed by atoms with Crippen molar-refractivity contribution in [3.63, 3.8) is 0 Å². The van der Waals surface area contributed by atoms with Crippen LogP contribution in [-0.2, 0) is 6.54 Å². The maximum atomic E-state index is 13.6. The van der Waals surface area contributed by atoms with Crippen LogP contribution in [-0.4, -0.2) is 16.6 Å². The van der Waals surface area contributed by atoms with E-state index in [4.69, 9.17) is 9.52 Å². The highest BCUT2D eigenvalue weighted by molar-refractivity contribution is 5.84. The Hall–Kier alpha value is -2.56. The molecule has 0 atom stereocenters. The molecule has 1 N–H and O–H groups in total. The van der Waals surface area contributed by atoms with Crippen molar-refractivity contribution < 1.29 is 18.7 Å². The SMILES string of the molecule is CC1=CC(C)(C)N(Cc2ccc(C(=O)O)o2)c2ccc(F)cc21. The van der Waals surface area contributed by atoms with Crippen LogP contribution in [0.2, 0.25) is 0 Å². The number of carbonyl (C=O) groups is 1. The number of carboxylic acid groups (broad SMARTS) is 1. The maximum Gasteiger partial charge on any atom is 0.371 e. The number of rotatable bonds is 3. The van der Waals surface area contributed by atoms with E-state index in [9.17, 15) is 9.18 Å². The van der Waals surface area contributed by atoms with Crippen molar-refractivity contribution in [1.82, 2.24) is 0 Å². The first kappa shape index (κ1) is 15.3. The van der Waals surface area contributed by atoms with Gasteiger partial charge in [-0.15, -0.1) is 0 Å². The van der Waals surface area contributed by atoms with Gasteiger partial charge in [0.05, 0.1) is 12.1 Å². The third-order valence-electron chi connectivity index (χ3n) is 4.13. The van der Waals surface area contributed by atoms with E-state index in [1.807, 2.05) is 6.92 Å². The van der Waals surface area contributed by atoms with Crippen molar-refractivity contribution in [3.05, 3.63) is 59.3 Å². The fraction of sp³-hybridized carbons (Fsp3) is 0.278. The largest absolute Gasteiger partial charge is 0.475 e. The number of allylic oxidation sites excluding steroid dienone is 1. The van der Waals surface area contributed by atoms with Crippen LogP contribution >= 0.6 is 0 Å². The van der Waals surface area contributed by atoms with E-state index in [0.717, 1.165) is 16.8 Å². The van der Waals surface area contributed by atoms with Gasteiger partial charge in [0.15, 0.2) is 0 Å². The minimum Gasteiger partial charge on any atom is -0.475 e. The molecule has 0 radical (unpaired) electrons. The molecule has 0 saturated carbocycles. The Bertz CT molecular complexity index is 804. The molecule has 0 aliphatic carbocycles. The highest BCUT2D eigenvalue weighted by atomic mass is 19.1. The monoisotopic (exact) mass is 315 g/mol. The van der Waals surface area contributed by atoms with E-state index in [0.29, 0.717) is 12.3 Å². The van der Waals surface area contributed by atoms with Gasteiger partial charge in [0, 0.05) is 11.3 Å². The van der Waals surface area contributed by atoms with Crippen molar-refractivity contribution in [1.29, 1.82) is 0 Å². The van der Waals surface area contributed by atoms with Crippen LogP contribution in [0.1, 0.15) is 42.6 Å². The molecule has 1 aliphatic rings. The zero-order chi connectivity index (χ0) is 16.8. The van der Waals surface area contributed by atoms with Gasteiger partial charge in [-0.25, -0.2) is 9.18 Å². The number of fused-ring (bicyclic) bond motifs is 1. The van der Waals surface area contributed by atoms with Crippen LogP contribution in [0.15, 0.2) is 40.8 Å². The molecule has 23 heavy (non-hydrogen) atoms. The molecule has 0 fully saturated rings. The molecule has 2 aromatic rings. The Labute approximate surface area is 133 Å². The molecule has 4 nitrogen and oxygen atoms in total. The highest BCUT2D eigenvalue weighted by Gasteiger charge is 2.32. The van der Waals surface area contributed by atoms with Crippen LogP contribution in [0.5, 0.6) is 0 Å². The van der Waals surface area contributed by atoms with Gasteiger partial charge < -0.3 is 14.4 Å². The van der Waals surface area contributed by atoms with E-state index in [2.05, 4.69) is 24.8 Å². The number of furan rings is 1. The second kappa shape index (κ2) is 5.26. The van der Waals surface area contributed by atoms with E-state index in [1.54, 1.807) is 12.1 Å². The standard InChI is InChI=1S/C18H18FNO3/c1-11-9-18(2,3)20(15-6-4-12(19)8-14(11)15)10-13-5-7-16(23-13)17(21)22/h4-9H,10H2,1-3H3,(H,21,22). The highest BCUT2D eigenvalue weighted by Crippen LogP contribution is 2.40. The third kappa shape index (κ3) is 2.74. The molecule has 0 unspecified atom stereocenters. The summed E-state index contributed by atoms with van der Waals surface area (Å²) in [6, 6.07) is 7.82. The van der Waals surface area contributed by atoms with Crippen molar-refractivity contribution in [3.8, 4) is 0 Å². The summed E-state index contributed by atoms with van der Waals surface area (Å²) in [4.78, 5) is 13.0. The number of anilines is 1. The number of benzene rings is 1. The minimum atomic E-state index is -1.09. The predicted molar refractivity (Wildman–Crippen MR) is 86.0 cm³/mol. The normalized spacial score (nSPS) is 16.0. The Balaban J connectivity index is 2.01. The summed E-state index contributed by atoms with van der Waals surface area (Å²) in [5.41, 5.74) is 2.47. The summed E-state index contributed by atoms with van der Waals surface area (Å²) in [5.74, 6) is -0.894. The summed E-state index contributed by atoms with van der Waals surface area (Å²) in [6.07, 6.45) is 2.08. The molecule has 5 heteroatoms. The zero-order valence-corrected chi connectivity index (χ0v) is 13.3. The Morgan fingerprint density at radius 2 is 2.04 bits per heavy atom. The van der Waals surface area contributed by atoms with Gasteiger partial charge in [0.2, 0.25) is 5.76 Å². The van der Waals surface area contributed by atoms with Crippen LogP contribution < -0.4 is 4.90 Å². The topological polar surface area (TPSA) is 53.7 Å². The lowest BCUT2D eigenvalue weighted by Gasteiger charge is -2.42. The number of hydrogen-bond acceptors (Lipinski definition) is 3. The minimum absolute atomic E-state index is 0.0825. The second-order valence-electron chi connectivity index (χ2n) is 6.30. The lowest BCUT2D eigenvalue weighted by molar-refractivity contribution is 0.0660. The summed E-state index contributed by atoms with van der Waals surface area (Å²) in [6.45, 7) is 6.49. The van der Waals surface area contributed by atoms with Crippen molar-refractivity contribution in [2.45, 2.75) is 32.9 Å². The average molecular weight is 315 g/mol. The Kier molecular flexibility index (Phi) is 3.51.